The maximum atomic E-state index is 11.1. The molecule has 1 heterocycles. The summed E-state index contributed by atoms with van der Waals surface area (Å²) in [7, 11) is 3.14. The lowest BCUT2D eigenvalue weighted by molar-refractivity contribution is 0.0689. The van der Waals surface area contributed by atoms with Gasteiger partial charge >= 0.3 is 5.97 Å². The van der Waals surface area contributed by atoms with Crippen LogP contribution in [0.5, 0.6) is 11.5 Å². The van der Waals surface area contributed by atoms with E-state index in [1.807, 2.05) is 19.9 Å². The van der Waals surface area contributed by atoms with Crippen LogP contribution in [-0.2, 0) is 4.74 Å². The monoisotopic (exact) mass is 403 g/mol. The van der Waals surface area contributed by atoms with Crippen LogP contribution in [-0.4, -0.2) is 53.0 Å². The Balaban J connectivity index is 0.000000612. The normalized spacial score (nSPS) is 11.1. The minimum atomic E-state index is -1.12. The Labute approximate surface area is 171 Å². The Hall–Kier alpha value is -3.13. The van der Waals surface area contributed by atoms with E-state index in [1.165, 1.54) is 10.3 Å². The lowest BCUT2D eigenvalue weighted by Crippen LogP contribution is -2.18. The summed E-state index contributed by atoms with van der Waals surface area (Å²) in [5.74, 6) is -0.0401. The zero-order chi connectivity index (χ0) is 22.0. The van der Waals surface area contributed by atoms with Crippen LogP contribution in [0.15, 0.2) is 43.0 Å². The van der Waals surface area contributed by atoms with Crippen LogP contribution < -0.4 is 9.47 Å². The molecule has 0 spiro atoms. The van der Waals surface area contributed by atoms with Crippen LogP contribution in [0.4, 0.5) is 0 Å². The molecule has 158 valence electrons. The fraction of sp³-hybridized carbons (Fsp3) is 0.381. The van der Waals surface area contributed by atoms with Gasteiger partial charge in [-0.15, -0.1) is 11.7 Å². The molecule has 0 aliphatic carbocycles. The Kier molecular flexibility index (Phi) is 9.61. The molecule has 1 atom stereocenters. The first-order valence-electron chi connectivity index (χ1n) is 8.99. The highest BCUT2D eigenvalue weighted by Crippen LogP contribution is 2.30. The molecular weight excluding hydrogens is 374 g/mol. The molecule has 0 amide bonds. The molecule has 0 aliphatic rings. The van der Waals surface area contributed by atoms with Gasteiger partial charge in [0.2, 0.25) is 0 Å². The summed E-state index contributed by atoms with van der Waals surface area (Å²) < 4.78 is 17.6. The van der Waals surface area contributed by atoms with E-state index in [-0.39, 0.29) is 11.8 Å². The summed E-state index contributed by atoms with van der Waals surface area (Å²) in [5, 5.41) is 16.6. The first-order valence-corrected chi connectivity index (χ1v) is 8.99. The zero-order valence-electron chi connectivity index (χ0n) is 17.6. The molecule has 1 N–H and O–H groups in total. The van der Waals surface area contributed by atoms with E-state index in [1.54, 1.807) is 39.3 Å². The predicted molar refractivity (Wildman–Crippen MR) is 111 cm³/mol. The van der Waals surface area contributed by atoms with Gasteiger partial charge < -0.3 is 19.3 Å². The van der Waals surface area contributed by atoms with Gasteiger partial charge in [-0.3, -0.25) is 0 Å². The van der Waals surface area contributed by atoms with Crippen LogP contribution in [0.25, 0.3) is 5.69 Å². The number of nitrogens with zero attached hydrogens (tertiary/aromatic N) is 3. The summed E-state index contributed by atoms with van der Waals surface area (Å²) in [6.45, 7) is 13.1. The minimum Gasteiger partial charge on any atom is -0.493 e. The number of allylic oxidation sites excluding steroid dienone is 2. The van der Waals surface area contributed by atoms with Crippen molar-refractivity contribution in [2.24, 2.45) is 0 Å². The Morgan fingerprint density at radius 1 is 1.34 bits per heavy atom. The van der Waals surface area contributed by atoms with Crippen molar-refractivity contribution in [3.05, 3.63) is 54.4 Å². The molecule has 0 radical (unpaired) electrons. The zero-order valence-corrected chi connectivity index (χ0v) is 17.6. The van der Waals surface area contributed by atoms with Crippen molar-refractivity contribution >= 4 is 5.97 Å². The Morgan fingerprint density at radius 3 is 2.48 bits per heavy atom. The third kappa shape index (κ3) is 7.08. The highest BCUT2D eigenvalue weighted by molar-refractivity contribution is 5.86. The van der Waals surface area contributed by atoms with Gasteiger partial charge in [0.15, 0.2) is 17.2 Å². The summed E-state index contributed by atoms with van der Waals surface area (Å²) in [6.07, 6.45) is 2.62. The van der Waals surface area contributed by atoms with Crippen molar-refractivity contribution in [1.29, 1.82) is 0 Å². The Bertz CT molecular complexity index is 845. The molecule has 2 rings (SSSR count). The first kappa shape index (κ1) is 23.9. The maximum Gasteiger partial charge on any atom is 0.358 e. The van der Waals surface area contributed by atoms with Gasteiger partial charge in [0.25, 0.3) is 0 Å². The van der Waals surface area contributed by atoms with E-state index >= 15 is 0 Å². The van der Waals surface area contributed by atoms with Crippen molar-refractivity contribution in [2.45, 2.75) is 33.3 Å². The second-order valence-corrected chi connectivity index (χ2v) is 6.41. The number of aromatic carboxylic acids is 1. The Morgan fingerprint density at radius 2 is 2.03 bits per heavy atom. The molecule has 1 unspecified atom stereocenters. The minimum absolute atomic E-state index is 0.0870. The maximum absolute atomic E-state index is 11.1. The molecule has 29 heavy (non-hydrogen) atoms. The van der Waals surface area contributed by atoms with Gasteiger partial charge in [-0.25, -0.2) is 9.48 Å². The van der Waals surface area contributed by atoms with E-state index in [2.05, 4.69) is 23.5 Å². The largest absolute Gasteiger partial charge is 0.493 e. The van der Waals surface area contributed by atoms with Crippen molar-refractivity contribution in [3.8, 4) is 17.2 Å². The number of methoxy groups -OCH3 is 2. The van der Waals surface area contributed by atoms with E-state index in [0.29, 0.717) is 29.5 Å². The van der Waals surface area contributed by atoms with Crippen LogP contribution in [0.3, 0.4) is 0 Å². The quantitative estimate of drug-likeness (QED) is 0.636. The van der Waals surface area contributed by atoms with E-state index in [0.717, 1.165) is 6.42 Å². The third-order valence-electron chi connectivity index (χ3n) is 3.71. The van der Waals surface area contributed by atoms with Crippen molar-refractivity contribution < 1.29 is 24.1 Å². The molecule has 0 bridgehead atoms. The number of hydrogen-bond donors (Lipinski definition) is 1. The molecule has 1 aromatic carbocycles. The van der Waals surface area contributed by atoms with E-state index in [4.69, 9.17) is 19.3 Å². The number of rotatable bonds is 9. The number of benzene rings is 1. The fourth-order valence-electron chi connectivity index (χ4n) is 2.39. The molecule has 0 saturated heterocycles. The van der Waals surface area contributed by atoms with Crippen LogP contribution in [0.1, 0.15) is 36.5 Å². The molecule has 0 fully saturated rings. The van der Waals surface area contributed by atoms with Crippen LogP contribution >= 0.6 is 0 Å². The second kappa shape index (κ2) is 11.7. The summed E-state index contributed by atoms with van der Waals surface area (Å²) in [6, 6.07) is 5.20. The SMILES string of the molecule is C=CCC(=C)C.COCC(C)Oc1cc(-n2nnc(C(=O)O)c2C)ccc1OC. The number of ether oxygens (including phenoxy) is 3. The number of carboxylic acids is 1. The smallest absolute Gasteiger partial charge is 0.358 e. The van der Waals surface area contributed by atoms with Gasteiger partial charge in [0.1, 0.15) is 6.10 Å². The molecule has 8 nitrogen and oxygen atoms in total. The van der Waals surface area contributed by atoms with Gasteiger partial charge in [0.05, 0.1) is 25.1 Å². The fourth-order valence-corrected chi connectivity index (χ4v) is 2.39. The molecule has 0 saturated carbocycles. The number of hydrogen-bond acceptors (Lipinski definition) is 6. The number of carbonyl (C=O) groups is 1. The van der Waals surface area contributed by atoms with Gasteiger partial charge in [-0.05, 0) is 39.3 Å². The van der Waals surface area contributed by atoms with Crippen molar-refractivity contribution in [2.75, 3.05) is 20.8 Å². The average molecular weight is 403 g/mol. The molecule has 8 heteroatoms. The lowest BCUT2D eigenvalue weighted by atomic mass is 10.2. The summed E-state index contributed by atoms with van der Waals surface area (Å²) >= 11 is 0. The average Bonchev–Trinajstić information content (AvgIpc) is 3.04. The predicted octanol–water partition coefficient (Wildman–Crippen LogP) is 3.83. The van der Waals surface area contributed by atoms with Crippen LogP contribution in [0, 0.1) is 6.92 Å². The molecule has 1 aromatic heterocycles. The third-order valence-corrected chi connectivity index (χ3v) is 3.71. The topological polar surface area (TPSA) is 95.7 Å². The lowest BCUT2D eigenvalue weighted by Gasteiger charge is -2.17. The van der Waals surface area contributed by atoms with E-state index < -0.39 is 5.97 Å². The molecular formula is C21H29N3O5. The van der Waals surface area contributed by atoms with Gasteiger partial charge in [-0.2, -0.15) is 0 Å². The molecule has 0 aliphatic heterocycles. The standard InChI is InChI=1S/C15H19N3O5.C6H10/c1-9(8-21-3)23-13-7-11(5-6-12(13)22-4)18-10(2)14(15(19)20)16-17-18;1-4-5-6(2)3/h5-7,9H,8H2,1-4H3,(H,19,20);4H,1-2,5H2,3H3. The second-order valence-electron chi connectivity index (χ2n) is 6.41. The molecule has 2 aromatic rings. The summed E-state index contributed by atoms with van der Waals surface area (Å²) in [5.41, 5.74) is 2.14. The summed E-state index contributed by atoms with van der Waals surface area (Å²) in [4.78, 5) is 11.1. The van der Waals surface area contributed by atoms with Crippen LogP contribution in [0.2, 0.25) is 0 Å². The highest BCUT2D eigenvalue weighted by atomic mass is 16.5. The van der Waals surface area contributed by atoms with Gasteiger partial charge in [0, 0.05) is 13.2 Å². The first-order chi connectivity index (χ1) is 13.7. The van der Waals surface area contributed by atoms with Gasteiger partial charge in [-0.1, -0.05) is 23.4 Å². The number of carboxylic acid groups (broad SMARTS) is 1. The van der Waals surface area contributed by atoms with Crippen molar-refractivity contribution in [3.63, 3.8) is 0 Å². The highest BCUT2D eigenvalue weighted by Gasteiger charge is 2.18. The van der Waals surface area contributed by atoms with Crippen molar-refractivity contribution in [1.82, 2.24) is 15.0 Å². The van der Waals surface area contributed by atoms with E-state index in [9.17, 15) is 4.79 Å². The number of aromatic nitrogens is 3.